The zero-order chi connectivity index (χ0) is 57.8. The van der Waals surface area contributed by atoms with Gasteiger partial charge < -0.3 is 57.5 Å². The van der Waals surface area contributed by atoms with Crippen LogP contribution in [-0.2, 0) is 76.3 Å². The molecule has 1 aliphatic heterocycles. The second-order valence-electron chi connectivity index (χ2n) is 19.4. The minimum absolute atomic E-state index is 0.0123. The van der Waals surface area contributed by atoms with Crippen LogP contribution in [0.5, 0.6) is 0 Å². The molecule has 0 bridgehead atoms. The first-order valence-corrected chi connectivity index (χ1v) is 33.1. The molecular formula is C54H96N4O16S4. The van der Waals surface area contributed by atoms with Gasteiger partial charge in [0.2, 0.25) is 0 Å². The molecule has 20 nitrogen and oxygen atoms in total. The van der Waals surface area contributed by atoms with Crippen LogP contribution in [0.1, 0.15) is 92.4 Å². The Bertz CT molecular complexity index is 1640. The van der Waals surface area contributed by atoms with Gasteiger partial charge in [-0.2, -0.15) is 47.0 Å². The van der Waals surface area contributed by atoms with Gasteiger partial charge in [0.05, 0.1) is 49.4 Å². The topological polar surface area (TPSA) is 223 Å². The third kappa shape index (κ3) is 38.6. The summed E-state index contributed by atoms with van der Waals surface area (Å²) in [6.45, 7) is 16.9. The molecule has 24 heteroatoms. The Morgan fingerprint density at radius 2 is 0.679 bits per heavy atom. The van der Waals surface area contributed by atoms with Crippen LogP contribution in [0.2, 0.25) is 0 Å². The van der Waals surface area contributed by atoms with Crippen molar-refractivity contribution >= 4 is 94.8 Å². The van der Waals surface area contributed by atoms with Gasteiger partial charge in [-0.05, 0) is 70.0 Å². The minimum atomic E-state index is -0.431. The number of esters is 8. The van der Waals surface area contributed by atoms with E-state index in [2.05, 4.69) is 16.7 Å². The number of carbonyl (C=O) groups is 8. The summed E-state index contributed by atoms with van der Waals surface area (Å²) in [5.74, 6) is -0.393. The summed E-state index contributed by atoms with van der Waals surface area (Å²) < 4.78 is 42.5. The van der Waals surface area contributed by atoms with E-state index < -0.39 is 23.9 Å². The van der Waals surface area contributed by atoms with Crippen molar-refractivity contribution < 1.29 is 76.3 Å². The number of hydrogen-bond donors (Lipinski definition) is 0. The molecule has 0 amide bonds. The van der Waals surface area contributed by atoms with Crippen LogP contribution in [-0.4, -0.2) is 246 Å². The van der Waals surface area contributed by atoms with E-state index in [1.807, 2.05) is 35.5 Å². The Morgan fingerprint density at radius 1 is 0.397 bits per heavy atom. The summed E-state index contributed by atoms with van der Waals surface area (Å²) in [7, 11) is 0. The van der Waals surface area contributed by atoms with Crippen molar-refractivity contribution in [3.63, 3.8) is 0 Å². The van der Waals surface area contributed by atoms with Crippen LogP contribution in [0.15, 0.2) is 0 Å². The molecule has 0 aromatic carbocycles. The Kier molecular flexibility index (Phi) is 44.6. The minimum Gasteiger partial charge on any atom is -0.462 e. The van der Waals surface area contributed by atoms with Crippen molar-refractivity contribution in [1.82, 2.24) is 19.6 Å². The molecule has 0 aromatic rings. The predicted molar refractivity (Wildman–Crippen MR) is 310 cm³/mol. The monoisotopic (exact) mass is 1180 g/mol. The number of piperazine rings is 1. The van der Waals surface area contributed by atoms with E-state index in [0.717, 1.165) is 70.7 Å². The van der Waals surface area contributed by atoms with Gasteiger partial charge in [0.25, 0.3) is 0 Å². The van der Waals surface area contributed by atoms with Crippen LogP contribution in [0.25, 0.3) is 0 Å². The molecule has 0 N–H and O–H groups in total. The quantitative estimate of drug-likeness (QED) is 0.0420. The third-order valence-corrected chi connectivity index (χ3v) is 16.2. The number of carbonyl (C=O) groups excluding carboxylic acids is 8. The van der Waals surface area contributed by atoms with Gasteiger partial charge in [0.1, 0.15) is 52.9 Å². The molecule has 0 spiro atoms. The van der Waals surface area contributed by atoms with Crippen LogP contribution >= 0.6 is 47.0 Å². The molecule has 1 aliphatic rings. The lowest BCUT2D eigenvalue weighted by molar-refractivity contribution is -0.154. The number of rotatable bonds is 48. The van der Waals surface area contributed by atoms with E-state index in [1.165, 1.54) is 6.42 Å². The van der Waals surface area contributed by atoms with E-state index in [1.54, 1.807) is 67.8 Å². The van der Waals surface area contributed by atoms with E-state index >= 15 is 0 Å². The van der Waals surface area contributed by atoms with E-state index in [9.17, 15) is 38.4 Å². The highest BCUT2D eigenvalue weighted by atomic mass is 32.2. The average molecular weight is 1190 g/mol. The van der Waals surface area contributed by atoms with Gasteiger partial charge in [0, 0.05) is 75.4 Å². The van der Waals surface area contributed by atoms with Crippen molar-refractivity contribution in [2.45, 2.75) is 92.4 Å². The fraction of sp³-hybridized carbons (Fsp3) is 0.852. The Balaban J connectivity index is 2.69. The first kappa shape index (κ1) is 73.0. The number of ether oxygens (including phenoxy) is 8. The van der Waals surface area contributed by atoms with Crippen molar-refractivity contribution in [3.8, 4) is 0 Å². The highest BCUT2D eigenvalue weighted by Crippen LogP contribution is 2.14. The largest absolute Gasteiger partial charge is 0.462 e. The van der Waals surface area contributed by atoms with Gasteiger partial charge in [-0.25, -0.2) is 0 Å². The van der Waals surface area contributed by atoms with Crippen molar-refractivity contribution in [2.24, 2.45) is 23.7 Å². The highest BCUT2D eigenvalue weighted by molar-refractivity contribution is 7.99. The second kappa shape index (κ2) is 47.6. The van der Waals surface area contributed by atoms with E-state index in [0.29, 0.717) is 62.3 Å². The average Bonchev–Trinajstić information content (AvgIpc) is 3.42. The summed E-state index contributed by atoms with van der Waals surface area (Å²) in [6, 6.07) is 0. The summed E-state index contributed by atoms with van der Waals surface area (Å²) in [6.07, 6.45) is 11.2. The van der Waals surface area contributed by atoms with Crippen LogP contribution < -0.4 is 0 Å². The third-order valence-electron chi connectivity index (χ3n) is 12.4. The molecule has 4 atom stereocenters. The van der Waals surface area contributed by atoms with Gasteiger partial charge in [-0.15, -0.1) is 0 Å². The molecule has 0 aromatic heterocycles. The number of thioether (sulfide) groups is 4. The summed E-state index contributed by atoms with van der Waals surface area (Å²) >= 11 is 6.40. The van der Waals surface area contributed by atoms with Crippen LogP contribution in [0, 0.1) is 23.7 Å². The Hall–Kier alpha value is -3.00. The van der Waals surface area contributed by atoms with Gasteiger partial charge in [0.15, 0.2) is 0 Å². The van der Waals surface area contributed by atoms with Gasteiger partial charge in [-0.3, -0.25) is 38.4 Å². The van der Waals surface area contributed by atoms with Crippen molar-refractivity contribution in [2.75, 3.05) is 179 Å². The fourth-order valence-electron chi connectivity index (χ4n) is 7.73. The molecular weight excluding hydrogens is 1090 g/mol. The lowest BCUT2D eigenvalue weighted by atomic mass is 10.2. The molecule has 1 rings (SSSR count). The molecule has 452 valence electrons. The van der Waals surface area contributed by atoms with Crippen molar-refractivity contribution in [1.29, 1.82) is 0 Å². The lowest BCUT2D eigenvalue weighted by Gasteiger charge is -2.35. The van der Waals surface area contributed by atoms with Crippen LogP contribution in [0.4, 0.5) is 0 Å². The lowest BCUT2D eigenvalue weighted by Crippen LogP contribution is -2.47. The van der Waals surface area contributed by atoms with Crippen LogP contribution in [0.3, 0.4) is 0 Å². The maximum atomic E-state index is 12.8. The maximum absolute atomic E-state index is 12.8. The van der Waals surface area contributed by atoms with Crippen molar-refractivity contribution in [3.05, 3.63) is 0 Å². The van der Waals surface area contributed by atoms with E-state index in [-0.39, 0.29) is 126 Å². The fourth-order valence-corrected chi connectivity index (χ4v) is 10.7. The molecule has 78 heavy (non-hydrogen) atoms. The predicted octanol–water partition coefficient (Wildman–Crippen LogP) is 5.45. The van der Waals surface area contributed by atoms with Gasteiger partial charge in [-0.1, -0.05) is 47.5 Å². The number of unbranched alkanes of at least 4 members (excludes halogenated alkanes) is 2. The zero-order valence-corrected chi connectivity index (χ0v) is 51.6. The van der Waals surface area contributed by atoms with E-state index in [4.69, 9.17) is 37.9 Å². The summed E-state index contributed by atoms with van der Waals surface area (Å²) in [4.78, 5) is 108. The summed E-state index contributed by atoms with van der Waals surface area (Å²) in [5, 5.41) is 0. The first-order chi connectivity index (χ1) is 37.5. The molecule has 0 aliphatic carbocycles. The molecule has 1 saturated heterocycles. The molecule has 4 unspecified atom stereocenters. The van der Waals surface area contributed by atoms with Gasteiger partial charge >= 0.3 is 47.8 Å². The molecule has 1 fully saturated rings. The normalized spacial score (nSPS) is 14.5. The second-order valence-corrected chi connectivity index (χ2v) is 23.3. The number of hydrogen-bond acceptors (Lipinski definition) is 24. The smallest absolute Gasteiger partial charge is 0.309 e. The summed E-state index contributed by atoms with van der Waals surface area (Å²) in [5.41, 5.74) is 0. The maximum Gasteiger partial charge on any atom is 0.309 e. The SMILES string of the molecule is CCCCCSCC(C)C(=O)OCCOC(=O)CCN(CCCN1CCN(CCCN(CCC(=O)OCCOC(=O)C(C)CSC)CCC(=O)OCCOC(=O)C(C)CSC)CC1)CCC(=O)OCCOC(=O)C(C)CSC. The Morgan fingerprint density at radius 3 is 0.962 bits per heavy atom. The molecule has 0 radical (unpaired) electrons. The molecule has 1 heterocycles. The highest BCUT2D eigenvalue weighted by Gasteiger charge is 2.22. The molecule has 0 saturated carbocycles. The number of nitrogens with zero attached hydrogens (tertiary/aromatic N) is 4. The first-order valence-electron chi connectivity index (χ1n) is 27.8. The standard InChI is InChI=1S/C54H96N4O16S4/c1-9-10-11-38-78-42-46(5)54(66)74-37-33-70-50(62)17-25-56(24-16-49(61)69-32-36-73-53(65)45(4)41-77-8)19-13-21-58-28-26-57(27-29-58)20-12-18-55(22-14-47(59)67-30-34-71-51(63)43(2)39-75-6)23-15-48(60)68-31-35-72-52(64)44(3)40-76-7/h43-46H,9-42H2,1-8H3. The Labute approximate surface area is 483 Å². The zero-order valence-electron chi connectivity index (χ0n) is 48.3.